The summed E-state index contributed by atoms with van der Waals surface area (Å²) in [4.78, 5) is 0. The molecule has 0 radical (unpaired) electrons. The summed E-state index contributed by atoms with van der Waals surface area (Å²) in [5.41, 5.74) is 6.18. The van der Waals surface area contributed by atoms with Gasteiger partial charge in [-0.15, -0.1) is 0 Å². The van der Waals surface area contributed by atoms with Gasteiger partial charge < -0.3 is 9.47 Å². The smallest absolute Gasteiger partial charge is 0.123 e. The molecule has 1 atom stereocenters. The van der Waals surface area contributed by atoms with Crippen molar-refractivity contribution in [3.8, 4) is 5.75 Å². The Morgan fingerprint density at radius 2 is 1.24 bits per heavy atom. The van der Waals surface area contributed by atoms with Crippen LogP contribution in [0.5, 0.6) is 5.75 Å². The minimum atomic E-state index is 0.325. The standard InChI is InChI=1S/C32H44O2/c1-19(2)29-28(34-18-26-17-33-26)4-3-27(31-11-20-5-21(12-31)7-22(6-20)13-31)30(29)32-14-23-8-24(15-32)10-25(9-23)16-32/h3-4,19-26H,5-18H2,1-2H3. The van der Waals surface area contributed by atoms with Gasteiger partial charge in [0.05, 0.1) is 6.61 Å². The fourth-order valence-electron chi connectivity index (χ4n) is 11.5. The first-order valence-electron chi connectivity index (χ1n) is 14.9. The predicted octanol–water partition coefficient (Wildman–Crippen LogP) is 7.52. The van der Waals surface area contributed by atoms with Gasteiger partial charge in [0.1, 0.15) is 18.5 Å². The maximum Gasteiger partial charge on any atom is 0.123 e. The average molecular weight is 461 g/mol. The molecule has 1 saturated heterocycles. The number of rotatable bonds is 6. The molecule has 9 fully saturated rings. The summed E-state index contributed by atoms with van der Waals surface area (Å²) in [5, 5.41) is 0. The Kier molecular flexibility index (Phi) is 4.51. The van der Waals surface area contributed by atoms with Crippen LogP contribution < -0.4 is 4.74 Å². The minimum absolute atomic E-state index is 0.325. The molecule has 34 heavy (non-hydrogen) atoms. The SMILES string of the molecule is CC(C)c1c(OCC2CO2)ccc(C23CC4CC(CC(C4)C2)C3)c1C12CC3CC(CC(C3)C1)C2. The van der Waals surface area contributed by atoms with Crippen molar-refractivity contribution >= 4 is 0 Å². The molecule has 1 heterocycles. The monoisotopic (exact) mass is 460 g/mol. The molecule has 1 aliphatic heterocycles. The summed E-state index contributed by atoms with van der Waals surface area (Å²) in [7, 11) is 0. The van der Waals surface area contributed by atoms with Gasteiger partial charge in [-0.1, -0.05) is 19.9 Å². The summed E-state index contributed by atoms with van der Waals surface area (Å²) >= 11 is 0. The lowest BCUT2D eigenvalue weighted by atomic mass is 9.43. The zero-order valence-corrected chi connectivity index (χ0v) is 21.5. The highest BCUT2D eigenvalue weighted by atomic mass is 16.6. The maximum absolute atomic E-state index is 6.58. The van der Waals surface area contributed by atoms with Crippen LogP contribution >= 0.6 is 0 Å². The van der Waals surface area contributed by atoms with Crippen molar-refractivity contribution in [1.82, 2.24) is 0 Å². The summed E-state index contributed by atoms with van der Waals surface area (Å²) in [5.74, 6) is 7.68. The molecule has 10 rings (SSSR count). The lowest BCUT2D eigenvalue weighted by molar-refractivity contribution is -0.0179. The van der Waals surface area contributed by atoms with Crippen molar-refractivity contribution in [3.63, 3.8) is 0 Å². The first-order chi connectivity index (χ1) is 16.5. The van der Waals surface area contributed by atoms with Crippen LogP contribution in [0.25, 0.3) is 0 Å². The third-order valence-corrected chi connectivity index (χ3v) is 11.8. The lowest BCUT2D eigenvalue weighted by Crippen LogP contribution is -2.52. The highest BCUT2D eigenvalue weighted by molar-refractivity contribution is 5.55. The Bertz CT molecular complexity index is 914. The Morgan fingerprint density at radius 3 is 1.68 bits per heavy atom. The van der Waals surface area contributed by atoms with E-state index in [1.807, 2.05) is 11.1 Å². The minimum Gasteiger partial charge on any atom is -0.490 e. The van der Waals surface area contributed by atoms with Gasteiger partial charge in [0.2, 0.25) is 0 Å². The second-order valence-corrected chi connectivity index (χ2v) is 14.7. The Balaban J connectivity index is 1.31. The quantitative estimate of drug-likeness (QED) is 0.409. The van der Waals surface area contributed by atoms with Crippen LogP contribution in [0.15, 0.2) is 12.1 Å². The van der Waals surface area contributed by atoms with Crippen LogP contribution in [-0.2, 0) is 15.6 Å². The van der Waals surface area contributed by atoms with Crippen molar-refractivity contribution in [2.45, 2.75) is 114 Å². The second-order valence-electron chi connectivity index (χ2n) is 14.7. The maximum atomic E-state index is 6.58. The number of ether oxygens (including phenoxy) is 2. The van der Waals surface area contributed by atoms with E-state index in [0.29, 0.717) is 22.9 Å². The summed E-state index contributed by atoms with van der Waals surface area (Å²) in [6.07, 6.45) is 18.3. The van der Waals surface area contributed by atoms with E-state index < -0.39 is 0 Å². The lowest BCUT2D eigenvalue weighted by Gasteiger charge is -2.61. The van der Waals surface area contributed by atoms with Gasteiger partial charge >= 0.3 is 0 Å². The molecular weight excluding hydrogens is 416 g/mol. The van der Waals surface area contributed by atoms with Crippen molar-refractivity contribution in [2.24, 2.45) is 35.5 Å². The second kappa shape index (κ2) is 7.27. The zero-order valence-electron chi connectivity index (χ0n) is 21.5. The van der Waals surface area contributed by atoms with Crippen LogP contribution in [0.3, 0.4) is 0 Å². The number of benzene rings is 1. The van der Waals surface area contributed by atoms with E-state index in [1.54, 1.807) is 5.56 Å². The average Bonchev–Trinajstić information content (AvgIpc) is 3.59. The molecule has 2 nitrogen and oxygen atoms in total. The molecule has 0 aromatic heterocycles. The number of hydrogen-bond donors (Lipinski definition) is 0. The first kappa shape index (κ1) is 21.1. The summed E-state index contributed by atoms with van der Waals surface area (Å²) < 4.78 is 12.1. The van der Waals surface area contributed by atoms with Gasteiger partial charge in [-0.2, -0.15) is 0 Å². The van der Waals surface area contributed by atoms with Crippen molar-refractivity contribution in [1.29, 1.82) is 0 Å². The van der Waals surface area contributed by atoms with Gasteiger partial charge in [-0.3, -0.25) is 0 Å². The highest BCUT2D eigenvalue weighted by Gasteiger charge is 2.57. The third-order valence-electron chi connectivity index (χ3n) is 11.8. The molecule has 0 amide bonds. The fourth-order valence-corrected chi connectivity index (χ4v) is 11.5. The topological polar surface area (TPSA) is 21.8 Å². The van der Waals surface area contributed by atoms with Crippen LogP contribution in [0.1, 0.15) is 114 Å². The Hall–Kier alpha value is -1.02. The molecule has 0 N–H and O–H groups in total. The van der Waals surface area contributed by atoms with E-state index in [0.717, 1.165) is 48.7 Å². The van der Waals surface area contributed by atoms with Gasteiger partial charge in [0.15, 0.2) is 0 Å². The van der Waals surface area contributed by atoms with E-state index in [2.05, 4.69) is 26.0 Å². The normalized spacial score (nSPS) is 47.6. The molecule has 2 heteroatoms. The van der Waals surface area contributed by atoms with Gasteiger partial charge in [-0.25, -0.2) is 0 Å². The molecule has 1 unspecified atom stereocenters. The molecule has 184 valence electrons. The predicted molar refractivity (Wildman–Crippen MR) is 135 cm³/mol. The molecular formula is C32H44O2. The highest BCUT2D eigenvalue weighted by Crippen LogP contribution is 2.66. The Labute approximate surface area is 206 Å². The van der Waals surface area contributed by atoms with Crippen LogP contribution in [0, 0.1) is 35.5 Å². The van der Waals surface area contributed by atoms with E-state index in [-0.39, 0.29) is 0 Å². The molecule has 0 spiro atoms. The van der Waals surface area contributed by atoms with Gasteiger partial charge in [-0.05, 0) is 146 Å². The van der Waals surface area contributed by atoms with Gasteiger partial charge in [0, 0.05) is 5.56 Å². The number of hydrogen-bond acceptors (Lipinski definition) is 2. The molecule has 8 saturated carbocycles. The Morgan fingerprint density at radius 1 is 0.765 bits per heavy atom. The van der Waals surface area contributed by atoms with Crippen LogP contribution in [-0.4, -0.2) is 19.3 Å². The van der Waals surface area contributed by atoms with E-state index in [4.69, 9.17) is 9.47 Å². The molecule has 1 aromatic rings. The van der Waals surface area contributed by atoms with E-state index >= 15 is 0 Å². The molecule has 1 aromatic carbocycles. The van der Waals surface area contributed by atoms with E-state index in [9.17, 15) is 0 Å². The largest absolute Gasteiger partial charge is 0.490 e. The fraction of sp³-hybridized carbons (Fsp3) is 0.812. The zero-order chi connectivity index (χ0) is 22.7. The molecule has 9 aliphatic rings. The van der Waals surface area contributed by atoms with E-state index in [1.165, 1.54) is 82.8 Å². The van der Waals surface area contributed by atoms with Crippen molar-refractivity contribution in [3.05, 3.63) is 28.8 Å². The molecule has 8 aliphatic carbocycles. The first-order valence-corrected chi connectivity index (χ1v) is 14.9. The number of epoxide rings is 1. The van der Waals surface area contributed by atoms with Crippen molar-refractivity contribution < 1.29 is 9.47 Å². The third kappa shape index (κ3) is 3.15. The summed E-state index contributed by atoms with van der Waals surface area (Å²) in [6, 6.07) is 5.03. The summed E-state index contributed by atoms with van der Waals surface area (Å²) in [6.45, 7) is 6.51. The van der Waals surface area contributed by atoms with Crippen molar-refractivity contribution in [2.75, 3.05) is 13.2 Å². The van der Waals surface area contributed by atoms with Crippen LogP contribution in [0.2, 0.25) is 0 Å². The molecule has 8 bridgehead atoms. The van der Waals surface area contributed by atoms with Crippen LogP contribution in [0.4, 0.5) is 0 Å². The van der Waals surface area contributed by atoms with Gasteiger partial charge in [0.25, 0.3) is 0 Å².